The summed E-state index contributed by atoms with van der Waals surface area (Å²) in [5, 5.41) is 11.1. The second kappa shape index (κ2) is 4.81. The second-order valence-corrected chi connectivity index (χ2v) is 3.18. The lowest BCUT2D eigenvalue weighted by molar-refractivity contribution is -0.153. The molecule has 0 spiro atoms. The Morgan fingerprint density at radius 2 is 2.00 bits per heavy atom. The monoisotopic (exact) mass is 189 g/mol. The maximum Gasteiger partial charge on any atom is 0.318 e. The zero-order valence-electron chi connectivity index (χ0n) is 8.09. The van der Waals surface area contributed by atoms with E-state index < -0.39 is 17.3 Å². The van der Waals surface area contributed by atoms with Crippen molar-refractivity contribution < 1.29 is 19.4 Å². The first-order valence-electron chi connectivity index (χ1n) is 3.93. The second-order valence-electron chi connectivity index (χ2n) is 3.18. The van der Waals surface area contributed by atoms with Gasteiger partial charge in [-0.2, -0.15) is 0 Å². The third-order valence-corrected chi connectivity index (χ3v) is 1.69. The quantitative estimate of drug-likeness (QED) is 0.466. The molecule has 0 radical (unpaired) electrons. The summed E-state index contributed by atoms with van der Waals surface area (Å²) in [4.78, 5) is 21.8. The van der Waals surface area contributed by atoms with Gasteiger partial charge in [0.25, 0.3) is 0 Å². The number of methoxy groups -OCH3 is 1. The standard InChI is InChI=1S/C8H15NO4/c1-8(2,7(11)12)6(10)9-4-5-13-3/h4-5H2,1-3H3,(H,9,10)(H,11,12). The van der Waals surface area contributed by atoms with Gasteiger partial charge in [-0.3, -0.25) is 9.59 Å². The largest absolute Gasteiger partial charge is 0.480 e. The minimum atomic E-state index is -1.38. The summed E-state index contributed by atoms with van der Waals surface area (Å²) < 4.78 is 4.70. The van der Waals surface area contributed by atoms with E-state index in [-0.39, 0.29) is 0 Å². The molecule has 0 fully saturated rings. The van der Waals surface area contributed by atoms with Crippen molar-refractivity contribution in [1.29, 1.82) is 0 Å². The van der Waals surface area contributed by atoms with Crippen LogP contribution in [0.2, 0.25) is 0 Å². The van der Waals surface area contributed by atoms with E-state index in [0.29, 0.717) is 13.2 Å². The fraction of sp³-hybridized carbons (Fsp3) is 0.750. The molecule has 0 saturated carbocycles. The van der Waals surface area contributed by atoms with Crippen molar-refractivity contribution in [2.45, 2.75) is 13.8 Å². The topological polar surface area (TPSA) is 75.6 Å². The lowest BCUT2D eigenvalue weighted by Gasteiger charge is -2.17. The number of hydrogen-bond acceptors (Lipinski definition) is 3. The molecule has 1 amide bonds. The zero-order chi connectivity index (χ0) is 10.5. The lowest BCUT2D eigenvalue weighted by atomic mass is 9.93. The predicted octanol–water partition coefficient (Wildman–Crippen LogP) is -0.140. The van der Waals surface area contributed by atoms with Gasteiger partial charge in [0.15, 0.2) is 0 Å². The summed E-state index contributed by atoms with van der Waals surface area (Å²) in [6.45, 7) is 3.42. The molecule has 0 aliphatic heterocycles. The highest BCUT2D eigenvalue weighted by Crippen LogP contribution is 2.14. The molecule has 0 aliphatic rings. The Morgan fingerprint density at radius 1 is 1.46 bits per heavy atom. The molecule has 0 aromatic heterocycles. The van der Waals surface area contributed by atoms with E-state index in [0.717, 1.165) is 0 Å². The van der Waals surface area contributed by atoms with Crippen molar-refractivity contribution in [1.82, 2.24) is 5.32 Å². The molecule has 5 heteroatoms. The van der Waals surface area contributed by atoms with Crippen molar-refractivity contribution in [3.8, 4) is 0 Å². The van der Waals surface area contributed by atoms with Crippen molar-refractivity contribution in [3.63, 3.8) is 0 Å². The first-order chi connectivity index (χ1) is 5.92. The van der Waals surface area contributed by atoms with Crippen LogP contribution in [0.5, 0.6) is 0 Å². The Kier molecular flexibility index (Phi) is 4.40. The van der Waals surface area contributed by atoms with Gasteiger partial charge in [-0.1, -0.05) is 0 Å². The minimum Gasteiger partial charge on any atom is -0.480 e. The highest BCUT2D eigenvalue weighted by Gasteiger charge is 2.35. The SMILES string of the molecule is COCCNC(=O)C(C)(C)C(=O)O. The van der Waals surface area contributed by atoms with Crippen LogP contribution in [-0.4, -0.2) is 37.2 Å². The van der Waals surface area contributed by atoms with Crippen LogP contribution in [-0.2, 0) is 14.3 Å². The molecule has 76 valence electrons. The molecule has 0 rings (SSSR count). The molecule has 13 heavy (non-hydrogen) atoms. The number of aliphatic carboxylic acids is 1. The number of rotatable bonds is 5. The molecule has 0 heterocycles. The molecule has 0 bridgehead atoms. The van der Waals surface area contributed by atoms with Gasteiger partial charge in [-0.05, 0) is 13.8 Å². The van der Waals surface area contributed by atoms with Crippen molar-refractivity contribution in [3.05, 3.63) is 0 Å². The van der Waals surface area contributed by atoms with Gasteiger partial charge < -0.3 is 15.2 Å². The molecule has 0 saturated heterocycles. The van der Waals surface area contributed by atoms with Crippen LogP contribution in [0.25, 0.3) is 0 Å². The first-order valence-corrected chi connectivity index (χ1v) is 3.93. The number of carbonyl (C=O) groups excluding carboxylic acids is 1. The predicted molar refractivity (Wildman–Crippen MR) is 46.3 cm³/mol. The summed E-state index contributed by atoms with van der Waals surface area (Å²) in [7, 11) is 1.51. The summed E-state index contributed by atoms with van der Waals surface area (Å²) in [6.07, 6.45) is 0. The Morgan fingerprint density at radius 3 is 2.38 bits per heavy atom. The number of carboxylic acid groups (broad SMARTS) is 1. The number of amides is 1. The Labute approximate surface area is 77.1 Å². The van der Waals surface area contributed by atoms with E-state index in [1.165, 1.54) is 21.0 Å². The minimum absolute atomic E-state index is 0.325. The van der Waals surface area contributed by atoms with Gasteiger partial charge in [0, 0.05) is 13.7 Å². The van der Waals surface area contributed by atoms with Gasteiger partial charge in [0.2, 0.25) is 5.91 Å². The summed E-state index contributed by atoms with van der Waals surface area (Å²) >= 11 is 0. The fourth-order valence-electron chi connectivity index (χ4n) is 0.585. The van der Waals surface area contributed by atoms with Gasteiger partial charge in [0.05, 0.1) is 6.61 Å². The van der Waals surface area contributed by atoms with Gasteiger partial charge >= 0.3 is 5.97 Å². The van der Waals surface area contributed by atoms with Gasteiger partial charge in [-0.25, -0.2) is 0 Å². The van der Waals surface area contributed by atoms with E-state index in [4.69, 9.17) is 9.84 Å². The third kappa shape index (κ3) is 3.42. The smallest absolute Gasteiger partial charge is 0.318 e. The van der Waals surface area contributed by atoms with Crippen molar-refractivity contribution in [2.24, 2.45) is 5.41 Å². The molecule has 0 atom stereocenters. The van der Waals surface area contributed by atoms with E-state index in [1.807, 2.05) is 0 Å². The lowest BCUT2D eigenvalue weighted by Crippen LogP contribution is -2.43. The van der Waals surface area contributed by atoms with Crippen LogP contribution >= 0.6 is 0 Å². The maximum absolute atomic E-state index is 11.2. The van der Waals surface area contributed by atoms with E-state index >= 15 is 0 Å². The van der Waals surface area contributed by atoms with Gasteiger partial charge in [-0.15, -0.1) is 0 Å². The first kappa shape index (κ1) is 11.9. The Bertz CT molecular complexity index is 200. The zero-order valence-corrected chi connectivity index (χ0v) is 8.09. The maximum atomic E-state index is 11.2. The Hall–Kier alpha value is -1.10. The average Bonchev–Trinajstić information content (AvgIpc) is 2.04. The summed E-state index contributed by atoms with van der Waals surface area (Å²) in [6, 6.07) is 0. The van der Waals surface area contributed by atoms with Crippen LogP contribution in [0.3, 0.4) is 0 Å². The van der Waals surface area contributed by atoms with Crippen LogP contribution in [0.1, 0.15) is 13.8 Å². The Balaban J connectivity index is 4.03. The number of ether oxygens (including phenoxy) is 1. The number of nitrogens with one attached hydrogen (secondary N) is 1. The van der Waals surface area contributed by atoms with E-state index in [2.05, 4.69) is 5.32 Å². The number of hydrogen-bond donors (Lipinski definition) is 2. The molecule has 0 aliphatic carbocycles. The van der Waals surface area contributed by atoms with E-state index in [1.54, 1.807) is 0 Å². The van der Waals surface area contributed by atoms with Crippen LogP contribution in [0.4, 0.5) is 0 Å². The fourth-order valence-corrected chi connectivity index (χ4v) is 0.585. The molecule has 0 aromatic rings. The van der Waals surface area contributed by atoms with Crippen LogP contribution in [0.15, 0.2) is 0 Å². The highest BCUT2D eigenvalue weighted by atomic mass is 16.5. The van der Waals surface area contributed by atoms with Crippen molar-refractivity contribution in [2.75, 3.05) is 20.3 Å². The molecule has 5 nitrogen and oxygen atoms in total. The molecular weight excluding hydrogens is 174 g/mol. The van der Waals surface area contributed by atoms with E-state index in [9.17, 15) is 9.59 Å². The molecule has 0 unspecified atom stereocenters. The average molecular weight is 189 g/mol. The summed E-state index contributed by atoms with van der Waals surface area (Å²) in [5.74, 6) is -1.64. The van der Waals surface area contributed by atoms with Crippen LogP contribution in [0, 0.1) is 5.41 Å². The molecular formula is C8H15NO4. The highest BCUT2D eigenvalue weighted by molar-refractivity contribution is 6.00. The number of carboxylic acids is 1. The number of carbonyl (C=O) groups is 2. The summed E-state index contributed by atoms with van der Waals surface area (Å²) in [5.41, 5.74) is -1.38. The van der Waals surface area contributed by atoms with Crippen molar-refractivity contribution >= 4 is 11.9 Å². The third-order valence-electron chi connectivity index (χ3n) is 1.69. The molecule has 0 aromatic carbocycles. The molecule has 2 N–H and O–H groups in total. The van der Waals surface area contributed by atoms with Crippen LogP contribution < -0.4 is 5.32 Å². The van der Waals surface area contributed by atoms with Gasteiger partial charge in [0.1, 0.15) is 5.41 Å². The normalized spacial score (nSPS) is 11.0.